The second kappa shape index (κ2) is 4.26. The average molecular weight is 242 g/mol. The fourth-order valence-corrected chi connectivity index (χ4v) is 2.12. The molecule has 0 amide bonds. The summed E-state index contributed by atoms with van der Waals surface area (Å²) in [6.07, 6.45) is 1.99. The van der Waals surface area contributed by atoms with E-state index in [4.69, 9.17) is 4.74 Å². The molecule has 0 saturated heterocycles. The quantitative estimate of drug-likeness (QED) is 0.699. The van der Waals surface area contributed by atoms with E-state index >= 15 is 0 Å². The molecule has 1 heterocycles. The van der Waals surface area contributed by atoms with Gasteiger partial charge in [0.25, 0.3) is 6.73 Å². The predicted octanol–water partition coefficient (Wildman–Crippen LogP) is 3.25. The van der Waals surface area contributed by atoms with Crippen LogP contribution >= 0.6 is 0 Å². The fourth-order valence-electron chi connectivity index (χ4n) is 2.12. The summed E-state index contributed by atoms with van der Waals surface area (Å²) >= 11 is 0. The van der Waals surface area contributed by atoms with Crippen LogP contribution in [-0.2, 0) is 0 Å². The third-order valence-electron chi connectivity index (χ3n) is 3.03. The van der Waals surface area contributed by atoms with E-state index in [-0.39, 0.29) is 5.82 Å². The minimum absolute atomic E-state index is 0.240. The molecule has 0 aliphatic carbocycles. The molecule has 0 spiro atoms. The van der Waals surface area contributed by atoms with Crippen LogP contribution in [0.2, 0.25) is 0 Å². The second-order valence-corrected chi connectivity index (χ2v) is 4.35. The SMILES string of the molecule is Cc1cccc2c1OC[N+](c1cccc(F)c1)=C2. The summed E-state index contributed by atoms with van der Waals surface area (Å²) in [5, 5.41) is 0. The Hall–Kier alpha value is -2.16. The second-order valence-electron chi connectivity index (χ2n) is 4.35. The van der Waals surface area contributed by atoms with Crippen LogP contribution in [0.15, 0.2) is 42.5 Å². The lowest BCUT2D eigenvalue weighted by molar-refractivity contribution is -0.476. The van der Waals surface area contributed by atoms with Crippen LogP contribution in [0.25, 0.3) is 0 Å². The smallest absolute Gasteiger partial charge is 0.292 e. The van der Waals surface area contributed by atoms with Crippen molar-refractivity contribution in [3.63, 3.8) is 0 Å². The van der Waals surface area contributed by atoms with Crippen molar-refractivity contribution < 1.29 is 13.7 Å². The van der Waals surface area contributed by atoms with E-state index in [1.807, 2.05) is 42.0 Å². The molecule has 0 bridgehead atoms. The maximum absolute atomic E-state index is 13.2. The first-order valence-electron chi connectivity index (χ1n) is 5.83. The molecule has 2 aromatic carbocycles. The van der Waals surface area contributed by atoms with Crippen molar-refractivity contribution >= 4 is 11.9 Å². The summed E-state index contributed by atoms with van der Waals surface area (Å²) < 4.78 is 20.8. The normalized spacial score (nSPS) is 13.6. The monoisotopic (exact) mass is 242 g/mol. The van der Waals surface area contributed by atoms with Crippen LogP contribution < -0.4 is 4.74 Å². The van der Waals surface area contributed by atoms with Gasteiger partial charge in [-0.15, -0.1) is 0 Å². The third-order valence-corrected chi connectivity index (χ3v) is 3.03. The van der Waals surface area contributed by atoms with Crippen molar-refractivity contribution in [1.29, 1.82) is 0 Å². The Bertz CT molecular complexity index is 634. The fraction of sp³-hybridized carbons (Fsp3) is 0.133. The Morgan fingerprint density at radius 3 is 2.83 bits per heavy atom. The number of nitrogens with zero attached hydrogens (tertiary/aromatic N) is 1. The molecule has 0 unspecified atom stereocenters. The summed E-state index contributed by atoms with van der Waals surface area (Å²) in [6, 6.07) is 12.5. The van der Waals surface area contributed by atoms with Crippen LogP contribution in [0.5, 0.6) is 5.75 Å². The van der Waals surface area contributed by atoms with Gasteiger partial charge < -0.3 is 4.74 Å². The maximum atomic E-state index is 13.2. The maximum Gasteiger partial charge on any atom is 0.292 e. The molecule has 0 fully saturated rings. The zero-order valence-electron chi connectivity index (χ0n) is 10.1. The number of aryl methyl sites for hydroxylation is 1. The molecule has 0 N–H and O–H groups in total. The lowest BCUT2D eigenvalue weighted by Gasteiger charge is -2.15. The van der Waals surface area contributed by atoms with E-state index in [0.29, 0.717) is 6.73 Å². The Morgan fingerprint density at radius 2 is 2.00 bits per heavy atom. The van der Waals surface area contributed by atoms with Crippen molar-refractivity contribution in [3.8, 4) is 5.75 Å². The van der Waals surface area contributed by atoms with E-state index in [1.54, 1.807) is 6.07 Å². The molecule has 90 valence electrons. The van der Waals surface area contributed by atoms with Gasteiger partial charge in [0.15, 0.2) is 6.21 Å². The summed E-state index contributed by atoms with van der Waals surface area (Å²) in [6.45, 7) is 2.42. The molecule has 3 rings (SSSR count). The zero-order chi connectivity index (χ0) is 12.5. The van der Waals surface area contributed by atoms with Gasteiger partial charge in [-0.25, -0.2) is 4.39 Å². The van der Waals surface area contributed by atoms with Crippen LogP contribution in [0.1, 0.15) is 11.1 Å². The minimum Gasteiger partial charge on any atom is -0.435 e. The van der Waals surface area contributed by atoms with Crippen LogP contribution in [0, 0.1) is 12.7 Å². The third kappa shape index (κ3) is 1.88. The molecule has 0 aromatic heterocycles. The first kappa shape index (κ1) is 11.0. The predicted molar refractivity (Wildman–Crippen MR) is 68.2 cm³/mol. The molecule has 2 nitrogen and oxygen atoms in total. The van der Waals surface area contributed by atoms with Crippen LogP contribution in [0.4, 0.5) is 10.1 Å². The van der Waals surface area contributed by atoms with E-state index in [2.05, 4.69) is 0 Å². The first-order valence-corrected chi connectivity index (χ1v) is 5.83. The molecule has 2 aromatic rings. The molecular formula is C15H13FNO+. The van der Waals surface area contributed by atoms with Gasteiger partial charge in [0.2, 0.25) is 5.69 Å². The standard InChI is InChI=1S/C15H13FNO/c1-11-4-2-5-12-9-17(10-18-15(11)12)14-7-3-6-13(16)8-14/h2-9H,10H2,1H3/q+1. The molecule has 1 aliphatic rings. The Kier molecular flexibility index (Phi) is 2.59. The molecule has 0 radical (unpaired) electrons. The zero-order valence-corrected chi connectivity index (χ0v) is 10.1. The summed E-state index contributed by atoms with van der Waals surface area (Å²) in [5.41, 5.74) is 2.93. The van der Waals surface area contributed by atoms with Crippen LogP contribution in [-0.4, -0.2) is 17.5 Å². The minimum atomic E-state index is -0.240. The lowest BCUT2D eigenvalue weighted by Crippen LogP contribution is -2.21. The van der Waals surface area contributed by atoms with Crippen molar-refractivity contribution in [1.82, 2.24) is 0 Å². The summed E-state index contributed by atoms with van der Waals surface area (Å²) in [7, 11) is 0. The lowest BCUT2D eigenvalue weighted by atomic mass is 10.1. The highest BCUT2D eigenvalue weighted by molar-refractivity contribution is 5.82. The summed E-state index contributed by atoms with van der Waals surface area (Å²) in [5.74, 6) is 0.668. The largest absolute Gasteiger partial charge is 0.435 e. The van der Waals surface area contributed by atoms with Crippen molar-refractivity contribution in [2.24, 2.45) is 0 Å². The number of para-hydroxylation sites is 1. The Balaban J connectivity index is 2.06. The molecule has 18 heavy (non-hydrogen) atoms. The van der Waals surface area contributed by atoms with E-state index in [1.165, 1.54) is 12.1 Å². The van der Waals surface area contributed by atoms with Gasteiger partial charge in [0.1, 0.15) is 11.6 Å². The van der Waals surface area contributed by atoms with E-state index < -0.39 is 0 Å². The van der Waals surface area contributed by atoms with Gasteiger partial charge in [-0.2, -0.15) is 4.58 Å². The van der Waals surface area contributed by atoms with Gasteiger partial charge in [0, 0.05) is 12.1 Å². The number of ether oxygens (including phenoxy) is 1. The first-order chi connectivity index (χ1) is 8.74. The highest BCUT2D eigenvalue weighted by atomic mass is 19.1. The molecule has 0 atom stereocenters. The number of halogens is 1. The van der Waals surface area contributed by atoms with Gasteiger partial charge in [-0.1, -0.05) is 18.2 Å². The highest BCUT2D eigenvalue weighted by Gasteiger charge is 2.20. The molecule has 3 heteroatoms. The van der Waals surface area contributed by atoms with Crippen LogP contribution in [0.3, 0.4) is 0 Å². The highest BCUT2D eigenvalue weighted by Crippen LogP contribution is 2.26. The van der Waals surface area contributed by atoms with Gasteiger partial charge in [-0.05, 0) is 24.6 Å². The molecular weight excluding hydrogens is 229 g/mol. The van der Waals surface area contributed by atoms with Gasteiger partial charge in [-0.3, -0.25) is 0 Å². The van der Waals surface area contributed by atoms with Crippen molar-refractivity contribution in [3.05, 3.63) is 59.4 Å². The van der Waals surface area contributed by atoms with Gasteiger partial charge in [0.05, 0.1) is 5.56 Å². The summed E-state index contributed by atoms with van der Waals surface area (Å²) in [4.78, 5) is 0. The topological polar surface area (TPSA) is 12.2 Å². The van der Waals surface area contributed by atoms with Gasteiger partial charge >= 0.3 is 0 Å². The number of fused-ring (bicyclic) bond motifs is 1. The Labute approximate surface area is 105 Å². The number of hydrogen-bond acceptors (Lipinski definition) is 1. The van der Waals surface area contributed by atoms with E-state index in [9.17, 15) is 4.39 Å². The number of rotatable bonds is 1. The van der Waals surface area contributed by atoms with Crippen molar-refractivity contribution in [2.75, 3.05) is 6.73 Å². The number of hydrogen-bond donors (Lipinski definition) is 0. The number of benzene rings is 2. The Morgan fingerprint density at radius 1 is 1.17 bits per heavy atom. The van der Waals surface area contributed by atoms with E-state index in [0.717, 1.165) is 22.6 Å². The molecule has 0 saturated carbocycles. The average Bonchev–Trinajstić information content (AvgIpc) is 2.39. The molecule has 1 aliphatic heterocycles. The van der Waals surface area contributed by atoms with Crippen molar-refractivity contribution in [2.45, 2.75) is 6.92 Å².